The summed E-state index contributed by atoms with van der Waals surface area (Å²) in [6, 6.07) is 10.8. The van der Waals surface area contributed by atoms with Crippen molar-refractivity contribution in [2.45, 2.75) is 57.0 Å². The largest absolute Gasteiger partial charge is 0.327 e. The van der Waals surface area contributed by atoms with Gasteiger partial charge in [0.1, 0.15) is 5.82 Å². The van der Waals surface area contributed by atoms with Gasteiger partial charge in [0, 0.05) is 18.5 Å². The summed E-state index contributed by atoms with van der Waals surface area (Å²) < 4.78 is 1.98. The van der Waals surface area contributed by atoms with Gasteiger partial charge in [-0.1, -0.05) is 30.7 Å². The molecule has 3 N–H and O–H groups in total. The lowest BCUT2D eigenvalue weighted by Crippen LogP contribution is -2.29. The lowest BCUT2D eigenvalue weighted by atomic mass is 9.88. The van der Waals surface area contributed by atoms with Crippen LogP contribution in [0.3, 0.4) is 0 Å². The van der Waals surface area contributed by atoms with Crippen molar-refractivity contribution in [3.8, 4) is 0 Å². The fourth-order valence-corrected chi connectivity index (χ4v) is 4.39. The molecule has 1 aromatic heterocycles. The number of benzene rings is 1. The Morgan fingerprint density at radius 3 is 2.92 bits per heavy atom. The molecule has 132 valence electrons. The molecule has 1 fully saturated rings. The van der Waals surface area contributed by atoms with E-state index in [0.717, 1.165) is 44.3 Å². The van der Waals surface area contributed by atoms with Crippen LogP contribution in [-0.2, 0) is 11.2 Å². The monoisotopic (exact) mass is 338 g/mol. The lowest BCUT2D eigenvalue weighted by molar-refractivity contribution is -0.117. The molecule has 1 unspecified atom stereocenters. The van der Waals surface area contributed by atoms with Crippen LogP contribution in [0, 0.1) is 5.92 Å². The first-order valence-electron chi connectivity index (χ1n) is 9.39. The third kappa shape index (κ3) is 3.33. The van der Waals surface area contributed by atoms with Crippen molar-refractivity contribution in [1.29, 1.82) is 0 Å². The molecule has 0 radical (unpaired) electrons. The number of hydrogen-bond donors (Lipinski definition) is 2. The molecule has 2 aliphatic carbocycles. The zero-order chi connectivity index (χ0) is 17.2. The number of nitrogens with one attached hydrogen (secondary N) is 1. The number of fused-ring (bicyclic) bond motifs is 1. The molecule has 1 aromatic carbocycles. The van der Waals surface area contributed by atoms with E-state index in [-0.39, 0.29) is 18.0 Å². The van der Waals surface area contributed by atoms with Crippen molar-refractivity contribution in [2.24, 2.45) is 11.7 Å². The van der Waals surface area contributed by atoms with Gasteiger partial charge in [0.15, 0.2) is 0 Å². The van der Waals surface area contributed by atoms with Crippen LogP contribution >= 0.6 is 0 Å². The second-order valence-electron chi connectivity index (χ2n) is 7.37. The number of rotatable bonds is 4. The van der Waals surface area contributed by atoms with Gasteiger partial charge in [-0.15, -0.1) is 0 Å². The fourth-order valence-electron chi connectivity index (χ4n) is 4.39. The zero-order valence-corrected chi connectivity index (χ0v) is 14.5. The highest BCUT2D eigenvalue weighted by molar-refractivity contribution is 5.90. The van der Waals surface area contributed by atoms with Gasteiger partial charge in [-0.05, 0) is 49.1 Å². The molecule has 1 amide bonds. The fraction of sp³-hybridized carbons (Fsp3) is 0.500. The summed E-state index contributed by atoms with van der Waals surface area (Å²) in [7, 11) is 0. The highest BCUT2D eigenvalue weighted by Gasteiger charge is 2.27. The third-order valence-corrected chi connectivity index (χ3v) is 5.74. The molecular weight excluding hydrogens is 312 g/mol. The van der Waals surface area contributed by atoms with Gasteiger partial charge in [-0.2, -0.15) is 5.10 Å². The summed E-state index contributed by atoms with van der Waals surface area (Å²) in [5.41, 5.74) is 8.82. The molecule has 2 aliphatic rings. The minimum absolute atomic E-state index is 0.0493. The first-order chi connectivity index (χ1) is 12.2. The highest BCUT2D eigenvalue weighted by Crippen LogP contribution is 2.34. The number of amides is 1. The Morgan fingerprint density at radius 1 is 1.20 bits per heavy atom. The highest BCUT2D eigenvalue weighted by atomic mass is 16.1. The molecule has 5 heteroatoms. The number of carbonyl (C=O) groups excluding carboxylic acids is 1. The Bertz CT molecular complexity index is 754. The van der Waals surface area contributed by atoms with E-state index >= 15 is 0 Å². The molecule has 25 heavy (non-hydrogen) atoms. The normalized spacial score (nSPS) is 25.6. The van der Waals surface area contributed by atoms with E-state index in [0.29, 0.717) is 12.3 Å². The molecule has 0 saturated heterocycles. The zero-order valence-electron chi connectivity index (χ0n) is 14.5. The van der Waals surface area contributed by atoms with Crippen LogP contribution < -0.4 is 11.1 Å². The summed E-state index contributed by atoms with van der Waals surface area (Å²) in [4.78, 5) is 12.5. The summed E-state index contributed by atoms with van der Waals surface area (Å²) in [5, 5.41) is 7.59. The maximum atomic E-state index is 12.5. The van der Waals surface area contributed by atoms with Crippen molar-refractivity contribution in [2.75, 3.05) is 5.32 Å². The van der Waals surface area contributed by atoms with Gasteiger partial charge in [-0.3, -0.25) is 4.79 Å². The summed E-state index contributed by atoms with van der Waals surface area (Å²) in [6.07, 6.45) is 8.83. The van der Waals surface area contributed by atoms with Gasteiger partial charge in [0.25, 0.3) is 0 Å². The van der Waals surface area contributed by atoms with Crippen LogP contribution in [0.25, 0.3) is 0 Å². The molecule has 1 saturated carbocycles. The standard InChI is InChI=1S/C20H26N4O/c21-17-9-3-7-15(17)13-20(25)23-19-11-12-22-24(19)18-10-4-6-14-5-1-2-8-16(14)18/h1-2,5,8,11-12,15,17-18H,3-4,6-7,9-10,13,21H2,(H,23,25)/t15-,17+,18?/m0/s1. The third-order valence-electron chi connectivity index (χ3n) is 5.74. The Kier molecular flexibility index (Phi) is 4.57. The predicted molar refractivity (Wildman–Crippen MR) is 98.3 cm³/mol. The topological polar surface area (TPSA) is 72.9 Å². The van der Waals surface area contributed by atoms with Crippen LogP contribution in [0.5, 0.6) is 0 Å². The van der Waals surface area contributed by atoms with E-state index in [1.54, 1.807) is 6.20 Å². The second-order valence-corrected chi connectivity index (χ2v) is 7.37. The molecular formula is C20H26N4O. The van der Waals surface area contributed by atoms with E-state index in [4.69, 9.17) is 5.73 Å². The number of nitrogens with two attached hydrogens (primary N) is 1. The summed E-state index contributed by atoms with van der Waals surface area (Å²) in [5.74, 6) is 1.15. The molecule has 0 spiro atoms. The summed E-state index contributed by atoms with van der Waals surface area (Å²) in [6.45, 7) is 0. The Morgan fingerprint density at radius 2 is 2.08 bits per heavy atom. The van der Waals surface area contributed by atoms with Crippen molar-refractivity contribution < 1.29 is 4.79 Å². The Labute approximate surface area is 148 Å². The number of aromatic nitrogens is 2. The maximum absolute atomic E-state index is 12.5. The second kappa shape index (κ2) is 7.00. The Balaban J connectivity index is 1.51. The van der Waals surface area contributed by atoms with E-state index in [9.17, 15) is 4.79 Å². The van der Waals surface area contributed by atoms with Gasteiger partial charge in [-0.25, -0.2) is 4.68 Å². The van der Waals surface area contributed by atoms with Crippen LogP contribution in [0.1, 0.15) is 55.7 Å². The molecule has 3 atom stereocenters. The molecule has 2 aromatic rings. The number of carbonyl (C=O) groups is 1. The van der Waals surface area contributed by atoms with Crippen LogP contribution in [0.2, 0.25) is 0 Å². The number of anilines is 1. The van der Waals surface area contributed by atoms with Crippen LogP contribution in [0.4, 0.5) is 5.82 Å². The first kappa shape index (κ1) is 16.3. The van der Waals surface area contributed by atoms with Gasteiger partial charge in [0.2, 0.25) is 5.91 Å². The van der Waals surface area contributed by atoms with Crippen molar-refractivity contribution in [1.82, 2.24) is 9.78 Å². The Hall–Kier alpha value is -2.14. The first-order valence-corrected chi connectivity index (χ1v) is 9.39. The van der Waals surface area contributed by atoms with Gasteiger partial charge < -0.3 is 11.1 Å². The average molecular weight is 338 g/mol. The number of aryl methyl sites for hydroxylation is 1. The molecule has 1 heterocycles. The molecule has 0 bridgehead atoms. The smallest absolute Gasteiger partial charge is 0.225 e. The van der Waals surface area contributed by atoms with Crippen molar-refractivity contribution >= 4 is 11.7 Å². The van der Waals surface area contributed by atoms with E-state index in [1.165, 1.54) is 11.1 Å². The minimum Gasteiger partial charge on any atom is -0.327 e. The van der Waals surface area contributed by atoms with E-state index in [1.807, 2.05) is 10.7 Å². The number of nitrogens with zero attached hydrogens (tertiary/aromatic N) is 2. The SMILES string of the molecule is N[C@@H]1CCC[C@H]1CC(=O)Nc1ccnn1C1CCCc2ccccc21. The summed E-state index contributed by atoms with van der Waals surface area (Å²) >= 11 is 0. The van der Waals surface area contributed by atoms with Crippen molar-refractivity contribution in [3.05, 3.63) is 47.7 Å². The molecule has 4 rings (SSSR count). The quantitative estimate of drug-likeness (QED) is 0.898. The van der Waals surface area contributed by atoms with Gasteiger partial charge in [0.05, 0.1) is 12.2 Å². The van der Waals surface area contributed by atoms with E-state index in [2.05, 4.69) is 34.7 Å². The lowest BCUT2D eigenvalue weighted by Gasteiger charge is -2.27. The number of hydrogen-bond acceptors (Lipinski definition) is 3. The van der Waals surface area contributed by atoms with Crippen molar-refractivity contribution in [3.63, 3.8) is 0 Å². The predicted octanol–water partition coefficient (Wildman–Crippen LogP) is 3.26. The molecule has 0 aliphatic heterocycles. The van der Waals surface area contributed by atoms with E-state index < -0.39 is 0 Å². The van der Waals surface area contributed by atoms with Crippen LogP contribution in [-0.4, -0.2) is 21.7 Å². The molecule has 5 nitrogen and oxygen atoms in total. The maximum Gasteiger partial charge on any atom is 0.225 e. The average Bonchev–Trinajstić information content (AvgIpc) is 3.24. The van der Waals surface area contributed by atoms with Gasteiger partial charge >= 0.3 is 0 Å². The van der Waals surface area contributed by atoms with Crippen LogP contribution in [0.15, 0.2) is 36.5 Å². The minimum atomic E-state index is 0.0493.